The first-order valence-electron chi connectivity index (χ1n) is 6.17. The Morgan fingerprint density at radius 2 is 2.05 bits per heavy atom. The van der Waals surface area contributed by atoms with Crippen molar-refractivity contribution in [3.8, 4) is 0 Å². The molecule has 0 heterocycles. The van der Waals surface area contributed by atoms with Gasteiger partial charge < -0.3 is 10.3 Å². The lowest BCUT2D eigenvalue weighted by atomic mass is 10.3. The average molecular weight is 317 g/mol. The van der Waals surface area contributed by atoms with Crippen molar-refractivity contribution < 1.29 is 13.3 Å². The van der Waals surface area contributed by atoms with E-state index in [1.54, 1.807) is 0 Å². The van der Waals surface area contributed by atoms with Gasteiger partial charge >= 0.3 is 0 Å². The third-order valence-corrected chi connectivity index (χ3v) is 4.20. The van der Waals surface area contributed by atoms with Gasteiger partial charge in [-0.15, -0.1) is 0 Å². The zero-order valence-corrected chi connectivity index (χ0v) is 12.7. The van der Waals surface area contributed by atoms with Gasteiger partial charge in [-0.3, -0.25) is 16.0 Å². The zero-order chi connectivity index (χ0) is 16.0. The van der Waals surface area contributed by atoms with Gasteiger partial charge in [0.05, 0.1) is 10.6 Å². The van der Waals surface area contributed by atoms with Gasteiger partial charge in [-0.1, -0.05) is 0 Å². The highest BCUT2D eigenvalue weighted by atomic mass is 32.2. The number of nitro groups is 1. The quantitative estimate of drug-likeness (QED) is 0.268. The van der Waals surface area contributed by atoms with Crippen molar-refractivity contribution in [1.29, 1.82) is 0 Å². The molecule has 0 aliphatic heterocycles. The molecular weight excluding hydrogens is 298 g/mol. The Labute approximate surface area is 123 Å². The van der Waals surface area contributed by atoms with Crippen molar-refractivity contribution in [3.63, 3.8) is 0 Å². The first-order valence-corrected chi connectivity index (χ1v) is 7.65. The summed E-state index contributed by atoms with van der Waals surface area (Å²) in [6.45, 7) is 0.951. The van der Waals surface area contributed by atoms with E-state index in [1.165, 1.54) is 12.1 Å². The summed E-state index contributed by atoms with van der Waals surface area (Å²) >= 11 is 0. The van der Waals surface area contributed by atoms with Crippen LogP contribution in [0.25, 0.3) is 0 Å². The smallest absolute Gasteiger partial charge is 0.270 e. The second-order valence-corrected chi connectivity index (χ2v) is 6.37. The predicted octanol–water partition coefficient (Wildman–Crippen LogP) is 0.110. The van der Waals surface area contributed by atoms with E-state index in [4.69, 9.17) is 5.84 Å². The van der Waals surface area contributed by atoms with E-state index in [1.807, 2.05) is 19.0 Å². The highest BCUT2D eigenvalue weighted by Gasteiger charge is 2.21. The van der Waals surface area contributed by atoms with E-state index in [0.717, 1.165) is 12.6 Å². The summed E-state index contributed by atoms with van der Waals surface area (Å²) in [6, 6.07) is 3.41. The number of non-ortho nitro benzene ring substituents is 1. The van der Waals surface area contributed by atoms with Crippen molar-refractivity contribution in [2.75, 3.05) is 32.6 Å². The van der Waals surface area contributed by atoms with Crippen molar-refractivity contribution in [1.82, 2.24) is 9.62 Å². The molecule has 4 N–H and O–H groups in total. The lowest BCUT2D eigenvalue weighted by Gasteiger charge is -2.12. The SMILES string of the molecule is CN(C)CCCNS(=O)(=O)c1cc([N+](=O)[O-])ccc1NN. The molecule has 0 aliphatic rings. The molecular formula is C11H19N5O4S. The average Bonchev–Trinajstić information content (AvgIpc) is 2.42. The molecule has 118 valence electrons. The first kappa shape index (κ1) is 17.3. The van der Waals surface area contributed by atoms with Crippen LogP contribution in [0.3, 0.4) is 0 Å². The van der Waals surface area contributed by atoms with Gasteiger partial charge in [0.15, 0.2) is 0 Å². The maximum Gasteiger partial charge on any atom is 0.270 e. The summed E-state index contributed by atoms with van der Waals surface area (Å²) in [5.41, 5.74) is 2.01. The second-order valence-electron chi connectivity index (χ2n) is 4.64. The van der Waals surface area contributed by atoms with Crippen LogP contribution in [-0.2, 0) is 10.0 Å². The fourth-order valence-electron chi connectivity index (χ4n) is 1.65. The van der Waals surface area contributed by atoms with Crippen LogP contribution in [0.15, 0.2) is 23.1 Å². The Balaban J connectivity index is 2.95. The summed E-state index contributed by atoms with van der Waals surface area (Å²) in [5, 5.41) is 10.7. The number of hydrogen-bond donors (Lipinski definition) is 3. The first-order chi connectivity index (χ1) is 9.77. The van der Waals surface area contributed by atoms with E-state index < -0.39 is 14.9 Å². The second kappa shape index (κ2) is 7.31. The molecule has 9 nitrogen and oxygen atoms in total. The van der Waals surface area contributed by atoms with Crippen LogP contribution in [0.2, 0.25) is 0 Å². The number of sulfonamides is 1. The molecule has 0 amide bonds. The van der Waals surface area contributed by atoms with Crippen LogP contribution < -0.4 is 16.0 Å². The summed E-state index contributed by atoms with van der Waals surface area (Å²) in [6.07, 6.45) is 0.618. The summed E-state index contributed by atoms with van der Waals surface area (Å²) in [7, 11) is -0.112. The molecule has 1 aromatic carbocycles. The molecule has 0 bridgehead atoms. The molecule has 21 heavy (non-hydrogen) atoms. The number of hydrogen-bond acceptors (Lipinski definition) is 7. The predicted molar refractivity (Wildman–Crippen MR) is 79.3 cm³/mol. The summed E-state index contributed by atoms with van der Waals surface area (Å²) < 4.78 is 26.8. The minimum Gasteiger partial charge on any atom is -0.323 e. The van der Waals surface area contributed by atoms with Gasteiger partial charge in [-0.2, -0.15) is 0 Å². The van der Waals surface area contributed by atoms with Crippen LogP contribution in [0.1, 0.15) is 6.42 Å². The molecule has 10 heteroatoms. The largest absolute Gasteiger partial charge is 0.323 e. The number of benzene rings is 1. The van der Waals surface area contributed by atoms with E-state index in [2.05, 4.69) is 10.1 Å². The van der Waals surface area contributed by atoms with Gasteiger partial charge in [0.1, 0.15) is 4.90 Å². The lowest BCUT2D eigenvalue weighted by molar-refractivity contribution is -0.385. The van der Waals surface area contributed by atoms with Gasteiger partial charge in [0.25, 0.3) is 5.69 Å². The molecule has 0 saturated carbocycles. The summed E-state index contributed by atoms with van der Waals surface area (Å²) in [5.74, 6) is 5.25. The molecule has 0 saturated heterocycles. The van der Waals surface area contributed by atoms with Gasteiger partial charge in [-0.25, -0.2) is 13.1 Å². The minimum absolute atomic E-state index is 0.0979. The van der Waals surface area contributed by atoms with Crippen molar-refractivity contribution >= 4 is 21.4 Å². The van der Waals surface area contributed by atoms with Gasteiger partial charge in [0, 0.05) is 18.7 Å². The molecule has 0 atom stereocenters. The molecule has 0 spiro atoms. The highest BCUT2D eigenvalue weighted by Crippen LogP contribution is 2.25. The Morgan fingerprint density at radius 3 is 2.57 bits per heavy atom. The highest BCUT2D eigenvalue weighted by molar-refractivity contribution is 7.89. The molecule has 1 aromatic rings. The number of nitrogens with one attached hydrogen (secondary N) is 2. The molecule has 0 radical (unpaired) electrons. The molecule has 0 aromatic heterocycles. The van der Waals surface area contributed by atoms with Crippen LogP contribution in [0.4, 0.5) is 11.4 Å². The topological polar surface area (TPSA) is 131 Å². The van der Waals surface area contributed by atoms with E-state index in [9.17, 15) is 18.5 Å². The number of nitrogens with zero attached hydrogens (tertiary/aromatic N) is 2. The number of rotatable bonds is 8. The normalized spacial score (nSPS) is 11.6. The van der Waals surface area contributed by atoms with Crippen molar-refractivity contribution in [2.45, 2.75) is 11.3 Å². The van der Waals surface area contributed by atoms with E-state index >= 15 is 0 Å². The van der Waals surface area contributed by atoms with Crippen molar-refractivity contribution in [3.05, 3.63) is 28.3 Å². The van der Waals surface area contributed by atoms with E-state index in [-0.39, 0.29) is 22.8 Å². The lowest BCUT2D eigenvalue weighted by Crippen LogP contribution is -2.28. The van der Waals surface area contributed by atoms with Crippen molar-refractivity contribution in [2.24, 2.45) is 5.84 Å². The number of nitrogen functional groups attached to an aromatic ring is 1. The standard InChI is InChI=1S/C11H19N5O4S/c1-15(2)7-3-6-13-21(19,20)11-8-9(16(17)18)4-5-10(11)14-12/h4-5,8,13-14H,3,6-7,12H2,1-2H3. The Kier molecular flexibility index (Phi) is 6.03. The molecule has 1 rings (SSSR count). The third kappa shape index (κ3) is 4.93. The van der Waals surface area contributed by atoms with Crippen LogP contribution in [0.5, 0.6) is 0 Å². The summed E-state index contributed by atoms with van der Waals surface area (Å²) in [4.78, 5) is 11.8. The number of nitrogens with two attached hydrogens (primary N) is 1. The maximum absolute atomic E-state index is 12.2. The molecule has 0 fully saturated rings. The fraction of sp³-hybridized carbons (Fsp3) is 0.455. The molecule has 0 unspecified atom stereocenters. The van der Waals surface area contributed by atoms with Crippen LogP contribution in [-0.4, -0.2) is 45.4 Å². The monoisotopic (exact) mass is 317 g/mol. The number of anilines is 1. The van der Waals surface area contributed by atoms with Gasteiger partial charge in [0.2, 0.25) is 10.0 Å². The fourth-order valence-corrected chi connectivity index (χ4v) is 2.91. The third-order valence-electron chi connectivity index (χ3n) is 2.70. The maximum atomic E-state index is 12.2. The van der Waals surface area contributed by atoms with E-state index in [0.29, 0.717) is 6.42 Å². The Bertz CT molecular complexity index is 603. The number of hydrazine groups is 1. The Hall–Kier alpha value is -1.75. The molecule has 0 aliphatic carbocycles. The van der Waals surface area contributed by atoms with Gasteiger partial charge in [-0.05, 0) is 33.1 Å². The Morgan fingerprint density at radius 1 is 1.38 bits per heavy atom. The zero-order valence-electron chi connectivity index (χ0n) is 11.9. The number of nitro benzene ring substituents is 1. The van der Waals surface area contributed by atoms with Crippen LogP contribution in [0, 0.1) is 10.1 Å². The minimum atomic E-state index is -3.87. The van der Waals surface area contributed by atoms with Crippen LogP contribution >= 0.6 is 0 Å².